The molecular weight excluding hydrogens is 270 g/mol. The standard InChI is InChI=1S/C15H33N3O3/c1-7-12(19-4)15(13(8-2)20-5)17-10-16-11-18(15)14(9-3)21-6/h12-14,16-17H,7-11H2,1-6H3. The van der Waals surface area contributed by atoms with Crippen LogP contribution in [0.2, 0.25) is 0 Å². The summed E-state index contributed by atoms with van der Waals surface area (Å²) >= 11 is 0. The molecular formula is C15H33N3O3. The number of rotatable bonds is 9. The van der Waals surface area contributed by atoms with Crippen LogP contribution in [0.4, 0.5) is 0 Å². The van der Waals surface area contributed by atoms with Crippen LogP contribution in [0.1, 0.15) is 40.0 Å². The van der Waals surface area contributed by atoms with Crippen molar-refractivity contribution < 1.29 is 14.2 Å². The van der Waals surface area contributed by atoms with E-state index in [9.17, 15) is 0 Å². The van der Waals surface area contributed by atoms with Crippen LogP contribution in [0.5, 0.6) is 0 Å². The predicted molar refractivity (Wildman–Crippen MR) is 83.8 cm³/mol. The normalized spacial score (nSPS) is 28.3. The molecule has 0 spiro atoms. The van der Waals surface area contributed by atoms with Gasteiger partial charge < -0.3 is 14.2 Å². The van der Waals surface area contributed by atoms with E-state index in [0.29, 0.717) is 0 Å². The summed E-state index contributed by atoms with van der Waals surface area (Å²) in [5.41, 5.74) is -0.394. The largest absolute Gasteiger partial charge is 0.378 e. The van der Waals surface area contributed by atoms with Crippen molar-refractivity contribution in [3.05, 3.63) is 0 Å². The Morgan fingerprint density at radius 2 is 1.52 bits per heavy atom. The lowest BCUT2D eigenvalue weighted by molar-refractivity contribution is -0.214. The SMILES string of the molecule is CCC(OC)N1CNCNC1(C(CC)OC)C(CC)OC. The first-order chi connectivity index (χ1) is 10.2. The maximum absolute atomic E-state index is 5.83. The van der Waals surface area contributed by atoms with Gasteiger partial charge in [-0.05, 0) is 19.3 Å². The zero-order valence-electron chi connectivity index (χ0n) is 14.4. The molecule has 1 aliphatic rings. The minimum atomic E-state index is -0.394. The number of nitrogens with zero attached hydrogens (tertiary/aromatic N) is 1. The van der Waals surface area contributed by atoms with E-state index in [1.807, 2.05) is 0 Å². The van der Waals surface area contributed by atoms with Crippen LogP contribution in [0.15, 0.2) is 0 Å². The quantitative estimate of drug-likeness (QED) is 0.670. The zero-order chi connectivity index (χ0) is 15.9. The lowest BCUT2D eigenvalue weighted by Gasteiger charge is -2.56. The van der Waals surface area contributed by atoms with Gasteiger partial charge in [-0.15, -0.1) is 0 Å². The van der Waals surface area contributed by atoms with E-state index in [0.717, 1.165) is 32.6 Å². The monoisotopic (exact) mass is 303 g/mol. The van der Waals surface area contributed by atoms with E-state index in [2.05, 4.69) is 36.3 Å². The first-order valence-electron chi connectivity index (χ1n) is 7.96. The van der Waals surface area contributed by atoms with Gasteiger partial charge in [-0.3, -0.25) is 10.6 Å². The Labute approximate surface area is 129 Å². The summed E-state index contributed by atoms with van der Waals surface area (Å²) in [6.07, 6.45) is 2.77. The number of ether oxygens (including phenoxy) is 3. The number of methoxy groups -OCH3 is 3. The van der Waals surface area contributed by atoms with Gasteiger partial charge in [0, 0.05) is 28.0 Å². The van der Waals surface area contributed by atoms with Gasteiger partial charge in [-0.1, -0.05) is 20.8 Å². The molecule has 1 aliphatic heterocycles. The van der Waals surface area contributed by atoms with E-state index >= 15 is 0 Å². The molecule has 0 aromatic rings. The van der Waals surface area contributed by atoms with Gasteiger partial charge in [-0.2, -0.15) is 0 Å². The second-order valence-corrected chi connectivity index (χ2v) is 5.42. The number of hydrogen-bond donors (Lipinski definition) is 2. The Bertz CT molecular complexity index is 267. The molecule has 0 aromatic heterocycles. The van der Waals surface area contributed by atoms with Crippen molar-refractivity contribution in [2.75, 3.05) is 34.7 Å². The summed E-state index contributed by atoms with van der Waals surface area (Å²) in [5.74, 6) is 0. The highest BCUT2D eigenvalue weighted by Gasteiger charge is 2.52. The van der Waals surface area contributed by atoms with Crippen molar-refractivity contribution in [1.82, 2.24) is 15.5 Å². The fourth-order valence-corrected chi connectivity index (χ4v) is 3.59. The Morgan fingerprint density at radius 1 is 0.952 bits per heavy atom. The van der Waals surface area contributed by atoms with Gasteiger partial charge in [0.15, 0.2) is 0 Å². The van der Waals surface area contributed by atoms with Gasteiger partial charge in [0.05, 0.1) is 18.9 Å². The third-order valence-electron chi connectivity index (χ3n) is 4.52. The minimum absolute atomic E-state index is 0.0127. The summed E-state index contributed by atoms with van der Waals surface area (Å²) in [6.45, 7) is 7.91. The molecule has 1 rings (SSSR count). The van der Waals surface area contributed by atoms with Crippen molar-refractivity contribution >= 4 is 0 Å². The molecule has 1 fully saturated rings. The molecule has 0 bridgehead atoms. The average molecular weight is 303 g/mol. The van der Waals surface area contributed by atoms with Crippen molar-refractivity contribution in [2.45, 2.75) is 64.1 Å². The highest BCUT2D eigenvalue weighted by atomic mass is 16.5. The van der Waals surface area contributed by atoms with Crippen LogP contribution >= 0.6 is 0 Å². The van der Waals surface area contributed by atoms with Crippen LogP contribution in [-0.2, 0) is 14.2 Å². The Balaban J connectivity index is 3.27. The van der Waals surface area contributed by atoms with E-state index < -0.39 is 5.66 Å². The molecule has 0 saturated carbocycles. The smallest absolute Gasteiger partial charge is 0.129 e. The van der Waals surface area contributed by atoms with E-state index in [1.54, 1.807) is 21.3 Å². The topological polar surface area (TPSA) is 55.0 Å². The van der Waals surface area contributed by atoms with E-state index in [-0.39, 0.29) is 18.4 Å². The summed E-state index contributed by atoms with van der Waals surface area (Å²) in [5, 5.41) is 6.99. The fourth-order valence-electron chi connectivity index (χ4n) is 3.59. The van der Waals surface area contributed by atoms with Crippen molar-refractivity contribution in [2.24, 2.45) is 0 Å². The number of nitrogens with one attached hydrogen (secondary N) is 2. The zero-order valence-corrected chi connectivity index (χ0v) is 14.4. The lowest BCUT2D eigenvalue weighted by atomic mass is 9.88. The molecule has 6 nitrogen and oxygen atoms in total. The molecule has 3 atom stereocenters. The first kappa shape index (κ1) is 18.8. The molecule has 1 saturated heterocycles. The van der Waals surface area contributed by atoms with Crippen LogP contribution in [0.25, 0.3) is 0 Å². The molecule has 0 radical (unpaired) electrons. The second kappa shape index (κ2) is 9.02. The van der Waals surface area contributed by atoms with Crippen LogP contribution in [0, 0.1) is 0 Å². The molecule has 0 aromatic carbocycles. The highest BCUT2D eigenvalue weighted by molar-refractivity contribution is 5.03. The molecule has 3 unspecified atom stereocenters. The van der Waals surface area contributed by atoms with Crippen LogP contribution in [0.3, 0.4) is 0 Å². The highest BCUT2D eigenvalue weighted by Crippen LogP contribution is 2.32. The third-order valence-corrected chi connectivity index (χ3v) is 4.52. The molecule has 6 heteroatoms. The third kappa shape index (κ3) is 3.57. The molecule has 126 valence electrons. The van der Waals surface area contributed by atoms with Gasteiger partial charge in [0.1, 0.15) is 11.9 Å². The van der Waals surface area contributed by atoms with Crippen LogP contribution in [-0.4, -0.2) is 63.7 Å². The van der Waals surface area contributed by atoms with Gasteiger partial charge in [-0.25, -0.2) is 4.90 Å². The predicted octanol–water partition coefficient (Wildman–Crippen LogP) is 1.33. The van der Waals surface area contributed by atoms with Gasteiger partial charge in [0.2, 0.25) is 0 Å². The Kier molecular flexibility index (Phi) is 8.08. The van der Waals surface area contributed by atoms with Crippen LogP contribution < -0.4 is 10.6 Å². The summed E-state index contributed by atoms with van der Waals surface area (Å²) in [6, 6.07) is 0. The van der Waals surface area contributed by atoms with E-state index in [4.69, 9.17) is 14.2 Å². The maximum Gasteiger partial charge on any atom is 0.129 e. The van der Waals surface area contributed by atoms with Gasteiger partial charge >= 0.3 is 0 Å². The first-order valence-corrected chi connectivity index (χ1v) is 7.96. The molecule has 21 heavy (non-hydrogen) atoms. The molecule has 0 amide bonds. The lowest BCUT2D eigenvalue weighted by Crippen LogP contribution is -2.79. The van der Waals surface area contributed by atoms with Gasteiger partial charge in [0.25, 0.3) is 0 Å². The fraction of sp³-hybridized carbons (Fsp3) is 1.00. The van der Waals surface area contributed by atoms with Crippen molar-refractivity contribution in [1.29, 1.82) is 0 Å². The Hall–Kier alpha value is -0.240. The minimum Gasteiger partial charge on any atom is -0.378 e. The van der Waals surface area contributed by atoms with Crippen molar-refractivity contribution in [3.63, 3.8) is 0 Å². The van der Waals surface area contributed by atoms with Crippen molar-refractivity contribution in [3.8, 4) is 0 Å². The summed E-state index contributed by atoms with van der Waals surface area (Å²) < 4.78 is 17.4. The average Bonchev–Trinajstić information content (AvgIpc) is 2.52. The Morgan fingerprint density at radius 3 is 1.90 bits per heavy atom. The molecule has 1 heterocycles. The summed E-state index contributed by atoms with van der Waals surface area (Å²) in [4.78, 5) is 2.31. The molecule has 0 aliphatic carbocycles. The summed E-state index contributed by atoms with van der Waals surface area (Å²) in [7, 11) is 5.30. The number of hydrogen-bond acceptors (Lipinski definition) is 6. The maximum atomic E-state index is 5.83. The molecule has 2 N–H and O–H groups in total. The second-order valence-electron chi connectivity index (χ2n) is 5.42. The van der Waals surface area contributed by atoms with E-state index in [1.165, 1.54) is 0 Å².